The Morgan fingerprint density at radius 2 is 1.95 bits per heavy atom. The number of hydrogen-bond acceptors (Lipinski definition) is 4. The summed E-state index contributed by atoms with van der Waals surface area (Å²) in [5, 5.41) is 10.3. The largest absolute Gasteiger partial charge is 0.310 e. The molecule has 0 fully saturated rings. The maximum atomic E-state index is 12.1. The van der Waals surface area contributed by atoms with E-state index in [0.717, 1.165) is 4.47 Å². The van der Waals surface area contributed by atoms with Crippen LogP contribution in [-0.2, 0) is 11.2 Å². The van der Waals surface area contributed by atoms with E-state index in [9.17, 15) is 9.59 Å². The number of aromatic nitrogens is 3. The van der Waals surface area contributed by atoms with Gasteiger partial charge < -0.3 is 5.32 Å². The number of carbonyl (C=O) groups excluding carboxylic acids is 1. The number of amides is 1. The molecule has 0 atom stereocenters. The summed E-state index contributed by atoms with van der Waals surface area (Å²) in [6, 6.07) is 10.5. The van der Waals surface area contributed by atoms with Crippen molar-refractivity contribution in [2.75, 3.05) is 5.32 Å². The molecule has 1 amide bonds. The molecule has 2 heterocycles. The van der Waals surface area contributed by atoms with Gasteiger partial charge in [0.05, 0.1) is 17.5 Å². The van der Waals surface area contributed by atoms with E-state index >= 15 is 0 Å². The van der Waals surface area contributed by atoms with Crippen LogP contribution in [0.2, 0.25) is 0 Å². The summed E-state index contributed by atoms with van der Waals surface area (Å²) in [5.74, 6) is 0.210. The number of carbonyl (C=O) groups is 1. The summed E-state index contributed by atoms with van der Waals surface area (Å²) in [4.78, 5) is 27.9. The Morgan fingerprint density at radius 3 is 2.68 bits per heavy atom. The fourth-order valence-electron chi connectivity index (χ4n) is 2.10. The molecule has 0 aliphatic heterocycles. The Balaban J connectivity index is 1.84. The van der Waals surface area contributed by atoms with Crippen LogP contribution in [0.3, 0.4) is 0 Å². The van der Waals surface area contributed by atoms with Crippen LogP contribution >= 0.6 is 15.9 Å². The van der Waals surface area contributed by atoms with Crippen molar-refractivity contribution in [3.63, 3.8) is 0 Å². The van der Waals surface area contributed by atoms with E-state index in [1.165, 1.54) is 0 Å². The molecule has 2 aromatic heterocycles. The van der Waals surface area contributed by atoms with Gasteiger partial charge in [-0.15, -0.1) is 0 Å². The van der Waals surface area contributed by atoms with Crippen molar-refractivity contribution in [3.8, 4) is 0 Å². The Labute approximate surface area is 133 Å². The molecular formula is C15H11BrN4O2. The smallest absolute Gasteiger partial charge is 0.272 e. The molecule has 22 heavy (non-hydrogen) atoms. The van der Waals surface area contributed by atoms with Gasteiger partial charge in [-0.1, -0.05) is 18.2 Å². The van der Waals surface area contributed by atoms with Crippen LogP contribution in [0, 0.1) is 0 Å². The van der Waals surface area contributed by atoms with Gasteiger partial charge in [-0.2, -0.15) is 5.10 Å². The zero-order valence-electron chi connectivity index (χ0n) is 11.3. The fraction of sp³-hybridized carbons (Fsp3) is 0.0667. The third-order valence-electron chi connectivity index (χ3n) is 3.10. The molecule has 6 nitrogen and oxygen atoms in total. The van der Waals surface area contributed by atoms with Crippen molar-refractivity contribution in [1.29, 1.82) is 0 Å². The SMILES string of the molecule is O=C(Cc1n[nH]c(=O)c2ccccc12)Nc1ccc(Br)cn1. The number of fused-ring (bicyclic) bond motifs is 1. The van der Waals surface area contributed by atoms with Crippen molar-refractivity contribution in [3.05, 3.63) is 63.1 Å². The number of nitrogens with zero attached hydrogens (tertiary/aromatic N) is 2. The molecule has 0 aliphatic carbocycles. The first-order valence-corrected chi connectivity index (χ1v) is 7.30. The van der Waals surface area contributed by atoms with Crippen molar-refractivity contribution < 1.29 is 4.79 Å². The lowest BCUT2D eigenvalue weighted by molar-refractivity contribution is -0.115. The van der Waals surface area contributed by atoms with Crippen LogP contribution in [0.1, 0.15) is 5.69 Å². The topological polar surface area (TPSA) is 87.7 Å². The zero-order chi connectivity index (χ0) is 15.5. The summed E-state index contributed by atoms with van der Waals surface area (Å²) in [6.45, 7) is 0. The van der Waals surface area contributed by atoms with Gasteiger partial charge in [0, 0.05) is 16.1 Å². The highest BCUT2D eigenvalue weighted by Gasteiger charge is 2.11. The van der Waals surface area contributed by atoms with Gasteiger partial charge in [0.15, 0.2) is 0 Å². The van der Waals surface area contributed by atoms with Crippen LogP contribution in [0.4, 0.5) is 5.82 Å². The maximum absolute atomic E-state index is 12.1. The zero-order valence-corrected chi connectivity index (χ0v) is 12.9. The number of H-pyrrole nitrogens is 1. The number of nitrogens with one attached hydrogen (secondary N) is 2. The van der Waals surface area contributed by atoms with Gasteiger partial charge in [-0.05, 0) is 34.1 Å². The summed E-state index contributed by atoms with van der Waals surface area (Å²) >= 11 is 3.28. The lowest BCUT2D eigenvalue weighted by atomic mass is 10.1. The molecule has 0 radical (unpaired) electrons. The molecule has 110 valence electrons. The first-order chi connectivity index (χ1) is 10.6. The summed E-state index contributed by atoms with van der Waals surface area (Å²) in [7, 11) is 0. The monoisotopic (exact) mass is 358 g/mol. The Hall–Kier alpha value is -2.54. The Bertz CT molecular complexity index is 890. The molecule has 0 saturated carbocycles. The van der Waals surface area contributed by atoms with Crippen molar-refractivity contribution in [2.24, 2.45) is 0 Å². The second-order valence-corrected chi connectivity index (χ2v) is 5.55. The highest BCUT2D eigenvalue weighted by atomic mass is 79.9. The number of hydrogen-bond donors (Lipinski definition) is 2. The van der Waals surface area contributed by atoms with Gasteiger partial charge >= 0.3 is 0 Å². The molecule has 0 bridgehead atoms. The molecule has 0 aliphatic rings. The van der Waals surface area contributed by atoms with Crippen LogP contribution in [0.5, 0.6) is 0 Å². The van der Waals surface area contributed by atoms with Crippen LogP contribution < -0.4 is 10.9 Å². The molecule has 7 heteroatoms. The van der Waals surface area contributed by atoms with Crippen LogP contribution in [-0.4, -0.2) is 21.1 Å². The molecule has 3 aromatic rings. The van der Waals surface area contributed by atoms with E-state index in [1.807, 2.05) is 0 Å². The van der Waals surface area contributed by atoms with Crippen molar-refractivity contribution >= 4 is 38.4 Å². The first-order valence-electron chi connectivity index (χ1n) is 6.51. The van der Waals surface area contributed by atoms with Crippen molar-refractivity contribution in [2.45, 2.75) is 6.42 Å². The van der Waals surface area contributed by atoms with E-state index in [0.29, 0.717) is 22.3 Å². The van der Waals surface area contributed by atoms with Crippen molar-refractivity contribution in [1.82, 2.24) is 15.2 Å². The number of anilines is 1. The van der Waals surface area contributed by atoms with Gasteiger partial charge in [-0.3, -0.25) is 9.59 Å². The standard InChI is InChI=1S/C15H11BrN4O2/c16-9-5-6-13(17-8-9)18-14(21)7-12-10-3-1-2-4-11(10)15(22)20-19-12/h1-6,8H,7H2,(H,20,22)(H,17,18,21). The van der Waals surface area contributed by atoms with E-state index in [2.05, 4.69) is 36.4 Å². The van der Waals surface area contributed by atoms with E-state index < -0.39 is 0 Å². The number of halogens is 1. The molecular weight excluding hydrogens is 348 g/mol. The predicted octanol–water partition coefficient (Wildman–Crippen LogP) is 2.26. The highest BCUT2D eigenvalue weighted by Crippen LogP contribution is 2.14. The molecule has 0 saturated heterocycles. The summed E-state index contributed by atoms with van der Waals surface area (Å²) in [6.07, 6.45) is 1.65. The first kappa shape index (κ1) is 14.4. The maximum Gasteiger partial charge on any atom is 0.272 e. The lowest BCUT2D eigenvalue weighted by Crippen LogP contribution is -2.18. The molecule has 2 N–H and O–H groups in total. The molecule has 0 unspecified atom stereocenters. The molecule has 3 rings (SSSR count). The van der Waals surface area contributed by atoms with E-state index in [1.54, 1.807) is 42.6 Å². The second kappa shape index (κ2) is 6.07. The minimum absolute atomic E-state index is 0.0506. The summed E-state index contributed by atoms with van der Waals surface area (Å²) < 4.78 is 0.832. The van der Waals surface area contributed by atoms with Gasteiger partial charge in [-0.25, -0.2) is 10.1 Å². The highest BCUT2D eigenvalue weighted by molar-refractivity contribution is 9.10. The molecule has 1 aromatic carbocycles. The normalized spacial score (nSPS) is 10.6. The quantitative estimate of drug-likeness (QED) is 0.751. The third-order valence-corrected chi connectivity index (χ3v) is 3.57. The fourth-order valence-corrected chi connectivity index (χ4v) is 2.33. The number of pyridine rings is 1. The van der Waals surface area contributed by atoms with Gasteiger partial charge in [0.1, 0.15) is 5.82 Å². The number of benzene rings is 1. The Kier molecular flexibility index (Phi) is 3.97. The minimum atomic E-state index is -0.269. The predicted molar refractivity (Wildman–Crippen MR) is 86.6 cm³/mol. The lowest BCUT2D eigenvalue weighted by Gasteiger charge is -2.06. The second-order valence-electron chi connectivity index (χ2n) is 4.63. The van der Waals surface area contributed by atoms with E-state index in [-0.39, 0.29) is 17.9 Å². The van der Waals surface area contributed by atoms with Crippen LogP contribution in [0.15, 0.2) is 51.9 Å². The number of rotatable bonds is 3. The van der Waals surface area contributed by atoms with E-state index in [4.69, 9.17) is 0 Å². The number of aromatic amines is 1. The average Bonchev–Trinajstić information content (AvgIpc) is 2.53. The van der Waals surface area contributed by atoms with Crippen LogP contribution in [0.25, 0.3) is 10.8 Å². The van der Waals surface area contributed by atoms with Gasteiger partial charge in [0.25, 0.3) is 5.56 Å². The third kappa shape index (κ3) is 3.04. The molecule has 0 spiro atoms. The van der Waals surface area contributed by atoms with Gasteiger partial charge in [0.2, 0.25) is 5.91 Å². The average molecular weight is 359 g/mol. The Morgan fingerprint density at radius 1 is 1.18 bits per heavy atom. The summed E-state index contributed by atoms with van der Waals surface area (Å²) in [5.41, 5.74) is 0.249. The minimum Gasteiger partial charge on any atom is -0.310 e.